The highest BCUT2D eigenvalue weighted by molar-refractivity contribution is 5.72. The van der Waals surface area contributed by atoms with Gasteiger partial charge in [-0.15, -0.1) is 0 Å². The molecule has 0 aliphatic rings. The maximum atomic E-state index is 11.1. The first kappa shape index (κ1) is 14.5. The molecule has 0 saturated carbocycles. The number of benzene rings is 1. The van der Waals surface area contributed by atoms with Gasteiger partial charge in [-0.1, -0.05) is 19.4 Å². The number of carboxylic acid groups (broad SMARTS) is 1. The summed E-state index contributed by atoms with van der Waals surface area (Å²) in [6.07, 6.45) is 1.34. The lowest BCUT2D eigenvalue weighted by molar-refractivity contribution is -0.150. The minimum Gasteiger partial charge on any atom is -0.508 e. The van der Waals surface area contributed by atoms with E-state index in [0.717, 1.165) is 24.0 Å². The molecule has 4 nitrogen and oxygen atoms in total. The number of phenolic OH excluding ortho intramolecular Hbond substituents is 1. The molecule has 0 fully saturated rings. The summed E-state index contributed by atoms with van der Waals surface area (Å²) in [5.41, 5.74) is 1.76. The lowest BCUT2D eigenvalue weighted by atomic mass is 10.0. The Hall–Kier alpha value is -1.55. The highest BCUT2D eigenvalue weighted by Crippen LogP contribution is 2.18. The molecule has 0 spiro atoms. The normalized spacial score (nSPS) is 12.3. The number of phenols is 1. The van der Waals surface area contributed by atoms with E-state index in [1.807, 2.05) is 13.8 Å². The maximum absolute atomic E-state index is 11.1. The summed E-state index contributed by atoms with van der Waals surface area (Å²) in [5.74, 6) is -0.756. The second kappa shape index (κ2) is 7.01. The number of hydrogen-bond acceptors (Lipinski definition) is 3. The van der Waals surface area contributed by atoms with Crippen LogP contribution >= 0.6 is 0 Å². The second-order valence-electron chi connectivity index (χ2n) is 4.37. The lowest BCUT2D eigenvalue weighted by Crippen LogP contribution is -2.27. The van der Waals surface area contributed by atoms with Gasteiger partial charge in [0, 0.05) is 13.0 Å². The number of rotatable bonds is 7. The summed E-state index contributed by atoms with van der Waals surface area (Å²) >= 11 is 0. The predicted octanol–water partition coefficient (Wildman–Crippen LogP) is 2.51. The molecule has 2 N–H and O–H groups in total. The molecule has 100 valence electrons. The zero-order valence-corrected chi connectivity index (χ0v) is 10.8. The number of carbonyl (C=O) groups is 1. The van der Waals surface area contributed by atoms with Crippen LogP contribution in [0.25, 0.3) is 0 Å². The van der Waals surface area contributed by atoms with E-state index >= 15 is 0 Å². The zero-order chi connectivity index (χ0) is 13.5. The number of hydrogen-bond donors (Lipinski definition) is 2. The molecule has 1 unspecified atom stereocenters. The van der Waals surface area contributed by atoms with Gasteiger partial charge in [0.1, 0.15) is 5.75 Å². The number of aryl methyl sites for hydroxylation is 1. The summed E-state index contributed by atoms with van der Waals surface area (Å²) in [6.45, 7) is 4.34. The Labute approximate surface area is 107 Å². The van der Waals surface area contributed by atoms with Crippen molar-refractivity contribution in [3.63, 3.8) is 0 Å². The highest BCUT2D eigenvalue weighted by Gasteiger charge is 2.19. The summed E-state index contributed by atoms with van der Waals surface area (Å²) < 4.78 is 5.37. The molecule has 1 atom stereocenters. The molecule has 1 aromatic rings. The number of carboxylic acids is 1. The second-order valence-corrected chi connectivity index (χ2v) is 4.37. The van der Waals surface area contributed by atoms with Crippen molar-refractivity contribution in [2.24, 2.45) is 0 Å². The van der Waals surface area contributed by atoms with Gasteiger partial charge in [-0.05, 0) is 36.6 Å². The third kappa shape index (κ3) is 4.37. The molecular formula is C14H20O4. The first-order valence-electron chi connectivity index (χ1n) is 6.17. The Morgan fingerprint density at radius 2 is 2.17 bits per heavy atom. The number of aromatic hydroxyl groups is 1. The molecule has 0 amide bonds. The number of aliphatic carboxylic acids is 1. The fourth-order valence-corrected chi connectivity index (χ4v) is 1.70. The van der Waals surface area contributed by atoms with E-state index in [-0.39, 0.29) is 5.75 Å². The summed E-state index contributed by atoms with van der Waals surface area (Å²) in [6, 6.07) is 4.93. The van der Waals surface area contributed by atoms with Crippen LogP contribution in [0.3, 0.4) is 0 Å². The minimum absolute atomic E-state index is 0.190. The third-order valence-corrected chi connectivity index (χ3v) is 2.82. The van der Waals surface area contributed by atoms with Gasteiger partial charge in [0.2, 0.25) is 0 Å². The third-order valence-electron chi connectivity index (χ3n) is 2.82. The van der Waals surface area contributed by atoms with Crippen molar-refractivity contribution < 1.29 is 19.7 Å². The average Bonchev–Trinajstić information content (AvgIpc) is 2.30. The van der Waals surface area contributed by atoms with Crippen LogP contribution in [-0.2, 0) is 16.0 Å². The molecule has 0 radical (unpaired) electrons. The summed E-state index contributed by atoms with van der Waals surface area (Å²) in [7, 11) is 0. The van der Waals surface area contributed by atoms with Crippen molar-refractivity contribution in [2.75, 3.05) is 6.61 Å². The van der Waals surface area contributed by atoms with Crippen LogP contribution in [0.1, 0.15) is 30.9 Å². The van der Waals surface area contributed by atoms with Gasteiger partial charge in [0.25, 0.3) is 0 Å². The number of ether oxygens (including phenoxy) is 1. The van der Waals surface area contributed by atoms with Gasteiger partial charge in [-0.3, -0.25) is 0 Å². The molecule has 0 heterocycles. The van der Waals surface area contributed by atoms with Gasteiger partial charge in [-0.2, -0.15) is 0 Å². The molecule has 0 aliphatic carbocycles. The Balaban J connectivity index is 2.67. The van der Waals surface area contributed by atoms with E-state index in [2.05, 4.69) is 0 Å². The van der Waals surface area contributed by atoms with E-state index in [1.165, 1.54) is 0 Å². The van der Waals surface area contributed by atoms with Gasteiger partial charge < -0.3 is 14.9 Å². The molecule has 1 aromatic carbocycles. The number of unbranched alkanes of at least 4 members (excludes halogenated alkanes) is 1. The molecule has 0 aliphatic heterocycles. The van der Waals surface area contributed by atoms with E-state index in [4.69, 9.17) is 9.84 Å². The fourth-order valence-electron chi connectivity index (χ4n) is 1.70. The highest BCUT2D eigenvalue weighted by atomic mass is 16.5. The van der Waals surface area contributed by atoms with Gasteiger partial charge in [-0.25, -0.2) is 4.79 Å². The quantitative estimate of drug-likeness (QED) is 0.732. The van der Waals surface area contributed by atoms with Crippen LogP contribution in [-0.4, -0.2) is 28.9 Å². The first-order chi connectivity index (χ1) is 8.54. The average molecular weight is 252 g/mol. The van der Waals surface area contributed by atoms with Gasteiger partial charge >= 0.3 is 5.97 Å². The molecular weight excluding hydrogens is 232 g/mol. The van der Waals surface area contributed by atoms with Crippen LogP contribution in [0.4, 0.5) is 0 Å². The Morgan fingerprint density at radius 1 is 1.44 bits per heavy atom. The SMILES string of the molecule is CCCCOC(Cc1ccc(O)cc1C)C(=O)O. The van der Waals surface area contributed by atoms with Gasteiger partial charge in [0.15, 0.2) is 6.10 Å². The van der Waals surface area contributed by atoms with Crippen LogP contribution in [0.15, 0.2) is 18.2 Å². The van der Waals surface area contributed by atoms with Crippen LogP contribution in [0.2, 0.25) is 0 Å². The molecule has 18 heavy (non-hydrogen) atoms. The standard InChI is InChI=1S/C14H20O4/c1-3-4-7-18-13(14(16)17)9-11-5-6-12(15)8-10(11)2/h5-6,8,13,15H,3-4,7,9H2,1-2H3,(H,16,17). The Bertz CT molecular complexity index is 401. The van der Waals surface area contributed by atoms with Crippen molar-refractivity contribution in [1.82, 2.24) is 0 Å². The predicted molar refractivity (Wildman–Crippen MR) is 68.8 cm³/mol. The fraction of sp³-hybridized carbons (Fsp3) is 0.500. The molecule has 0 aromatic heterocycles. The van der Waals surface area contributed by atoms with Crippen molar-refractivity contribution in [2.45, 2.75) is 39.2 Å². The minimum atomic E-state index is -0.946. The molecule has 0 bridgehead atoms. The molecule has 4 heteroatoms. The largest absolute Gasteiger partial charge is 0.508 e. The lowest BCUT2D eigenvalue weighted by Gasteiger charge is -2.15. The van der Waals surface area contributed by atoms with Crippen LogP contribution in [0.5, 0.6) is 5.75 Å². The topological polar surface area (TPSA) is 66.8 Å². The van der Waals surface area contributed by atoms with E-state index in [1.54, 1.807) is 18.2 Å². The van der Waals surface area contributed by atoms with Crippen molar-refractivity contribution in [3.05, 3.63) is 29.3 Å². The zero-order valence-electron chi connectivity index (χ0n) is 10.8. The Kier molecular flexibility index (Phi) is 5.65. The van der Waals surface area contributed by atoms with E-state index < -0.39 is 12.1 Å². The van der Waals surface area contributed by atoms with Gasteiger partial charge in [0.05, 0.1) is 0 Å². The van der Waals surface area contributed by atoms with Crippen LogP contribution < -0.4 is 0 Å². The van der Waals surface area contributed by atoms with E-state index in [9.17, 15) is 9.90 Å². The molecule has 1 rings (SSSR count). The van der Waals surface area contributed by atoms with Crippen molar-refractivity contribution >= 4 is 5.97 Å². The summed E-state index contributed by atoms with van der Waals surface area (Å²) in [5, 5.41) is 18.4. The Morgan fingerprint density at radius 3 is 2.72 bits per heavy atom. The maximum Gasteiger partial charge on any atom is 0.333 e. The van der Waals surface area contributed by atoms with Crippen LogP contribution in [0, 0.1) is 6.92 Å². The van der Waals surface area contributed by atoms with Crippen molar-refractivity contribution in [3.8, 4) is 5.75 Å². The molecule has 0 saturated heterocycles. The van der Waals surface area contributed by atoms with Crippen molar-refractivity contribution in [1.29, 1.82) is 0 Å². The monoisotopic (exact) mass is 252 g/mol. The summed E-state index contributed by atoms with van der Waals surface area (Å²) in [4.78, 5) is 11.1. The smallest absolute Gasteiger partial charge is 0.333 e. The van der Waals surface area contributed by atoms with E-state index in [0.29, 0.717) is 13.0 Å². The first-order valence-corrected chi connectivity index (χ1v) is 6.17.